The molecule has 3 heterocycles. The molecule has 0 bridgehead atoms. The van der Waals surface area contributed by atoms with E-state index in [1.165, 1.54) is 36.8 Å². The van der Waals surface area contributed by atoms with E-state index in [1.54, 1.807) is 88.1 Å². The van der Waals surface area contributed by atoms with Gasteiger partial charge in [0.1, 0.15) is 19.8 Å². The molecule has 0 spiro atoms. The maximum Gasteiger partial charge on any atom is 2.00 e. The van der Waals surface area contributed by atoms with E-state index in [0.29, 0.717) is 138 Å². The molecule has 0 aliphatic heterocycles. The van der Waals surface area contributed by atoms with Crippen molar-refractivity contribution in [1.82, 2.24) is 36.2 Å². The second kappa shape index (κ2) is 47.1. The number of nitrogens with one attached hydrogen (secondary N) is 4. The molecule has 0 fully saturated rings. The predicted molar refractivity (Wildman–Crippen MR) is 355 cm³/mol. The molecule has 0 aliphatic carbocycles. The van der Waals surface area contributed by atoms with Crippen LogP contribution in [0.3, 0.4) is 0 Å². The summed E-state index contributed by atoms with van der Waals surface area (Å²) in [7, 11) is 4.79. The van der Waals surface area contributed by atoms with Crippen molar-refractivity contribution in [1.29, 1.82) is 0 Å². The molecule has 0 unspecified atom stereocenters. The van der Waals surface area contributed by atoms with E-state index in [-0.39, 0.29) is 183 Å². The molecule has 0 saturated heterocycles. The fourth-order valence-electron chi connectivity index (χ4n) is 10.6. The van der Waals surface area contributed by atoms with Crippen LogP contribution in [0.15, 0.2) is 104 Å². The van der Waals surface area contributed by atoms with Crippen LogP contribution in [0.5, 0.6) is 34.5 Å². The molecule has 99 heavy (non-hydrogen) atoms. The Morgan fingerprint density at radius 3 is 1.09 bits per heavy atom. The van der Waals surface area contributed by atoms with Crippen molar-refractivity contribution < 1.29 is 138 Å². The van der Waals surface area contributed by atoms with E-state index in [2.05, 4.69) is 36.2 Å². The predicted octanol–water partition coefficient (Wildman–Crippen LogP) is 2.74. The van der Waals surface area contributed by atoms with E-state index >= 15 is 4.79 Å². The second-order valence-electron chi connectivity index (χ2n) is 22.4. The SMILES string of the molecule is COCCOCCOCCOc1cc(CNC(=O)C(CCCCNC(=O)c2ccc3cccnc3c2[O-])(CCCCNC(=O)c2ccc3cccnc3c2[O-])CCCNC(=O)c2ccc3cccnc3c2[O-])cc(OCCOCCOCCOC)c1OCCOCCOCCOC.[Mn+2].[Na+]. The number of benzene rings is 4. The summed E-state index contributed by atoms with van der Waals surface area (Å²) < 4.78 is 68.6. The molecular weight excluding hydrogens is 1330 g/mol. The number of carbonyl (C=O) groups excluding carboxylic acids is 4. The molecule has 4 N–H and O–H groups in total. The van der Waals surface area contributed by atoms with Crippen LogP contribution in [-0.4, -0.2) is 198 Å². The number of nitrogens with zero attached hydrogens (tertiary/aromatic N) is 3. The van der Waals surface area contributed by atoms with E-state index < -0.39 is 40.4 Å². The molecular formula is C71H90MnN7NaO19. The van der Waals surface area contributed by atoms with Gasteiger partial charge in [-0.3, -0.25) is 34.1 Å². The quantitative estimate of drug-likeness (QED) is 0.0315. The zero-order chi connectivity index (χ0) is 68.7. The van der Waals surface area contributed by atoms with E-state index in [0.717, 1.165) is 0 Å². The first-order chi connectivity index (χ1) is 47.5. The van der Waals surface area contributed by atoms with Crippen molar-refractivity contribution >= 4 is 56.3 Å². The number of ether oxygens (including phenoxy) is 12. The first kappa shape index (κ1) is 82.6. The summed E-state index contributed by atoms with van der Waals surface area (Å²) in [6.07, 6.45) is 7.22. The Hall–Kier alpha value is -7.05. The Morgan fingerprint density at radius 2 is 0.727 bits per heavy atom. The summed E-state index contributed by atoms with van der Waals surface area (Å²) in [6.45, 7) is 5.81. The molecule has 4 amide bonds. The molecule has 0 saturated carbocycles. The maximum atomic E-state index is 15.6. The van der Waals surface area contributed by atoms with Gasteiger partial charge in [-0.25, -0.2) is 0 Å². The average molecular weight is 1420 g/mol. The maximum absolute atomic E-state index is 15.6. The number of methoxy groups -OCH3 is 3. The van der Waals surface area contributed by atoms with Gasteiger partial charge in [0.05, 0.1) is 116 Å². The summed E-state index contributed by atoms with van der Waals surface area (Å²) in [5.41, 5.74) is -0.219. The number of fused-ring (bicyclic) bond motifs is 3. The van der Waals surface area contributed by atoms with Crippen LogP contribution < -0.4 is 80.4 Å². The van der Waals surface area contributed by atoms with Crippen LogP contribution in [0.4, 0.5) is 0 Å². The van der Waals surface area contributed by atoms with Gasteiger partial charge in [-0.2, -0.15) is 0 Å². The Balaban J connectivity index is 0.00000884. The Morgan fingerprint density at radius 1 is 0.404 bits per heavy atom. The minimum Gasteiger partial charge on any atom is -0.870 e. The number of aromatic nitrogens is 3. The van der Waals surface area contributed by atoms with Gasteiger partial charge in [0.2, 0.25) is 11.7 Å². The first-order valence-electron chi connectivity index (χ1n) is 32.7. The Kier molecular flexibility index (Phi) is 39.3. The van der Waals surface area contributed by atoms with Gasteiger partial charge in [0.15, 0.2) is 11.5 Å². The van der Waals surface area contributed by atoms with Crippen molar-refractivity contribution in [3.8, 4) is 34.5 Å². The standard InChI is InChI=1S/C71H93N7O19.Mn.Na/c1-86-30-33-89-36-39-92-42-45-95-58-48-51(49-59(96-46-43-93-40-37-90-34-31-87-2)66(58)97-47-44-94-41-38-91-35-32-88-3)50-78-70(85)71(23-11-29-77-69(84)57-20-17-54-14-10-28-74-62(54)65(57)81,21-4-6-24-75-67(82)55-18-15-52-12-8-26-72-60(52)63(55)79)22-5-7-25-76-68(83)56-19-16-53-13-9-27-73-61(53)64(56)80;;/h8-10,12-20,26-28,48-49,79-81H,4-7,11,21-25,29-47,50H2,1-3H3,(H,75,82)(H,76,83)(H,77,84)(H,78,85);;/q;+2;+1/p-3. The molecule has 0 aliphatic rings. The minimum atomic E-state index is -1.15. The number of amides is 4. The molecule has 4 aromatic carbocycles. The van der Waals surface area contributed by atoms with Gasteiger partial charge in [-0.1, -0.05) is 66.5 Å². The smallest absolute Gasteiger partial charge is 0.870 e. The van der Waals surface area contributed by atoms with Gasteiger partial charge in [0, 0.05) is 88.2 Å². The summed E-state index contributed by atoms with van der Waals surface area (Å²) in [6, 6.07) is 23.3. The topological polar surface area (TPSA) is 335 Å². The van der Waals surface area contributed by atoms with Crippen molar-refractivity contribution in [3.05, 3.63) is 126 Å². The molecule has 7 aromatic rings. The first-order valence-corrected chi connectivity index (χ1v) is 32.7. The third-order valence-electron chi connectivity index (χ3n) is 15.6. The third kappa shape index (κ3) is 27.1. The molecule has 531 valence electrons. The van der Waals surface area contributed by atoms with Gasteiger partial charge >= 0.3 is 46.6 Å². The van der Waals surface area contributed by atoms with Crippen molar-refractivity contribution in [2.75, 3.05) is 160 Å². The Labute approximate surface area is 610 Å². The van der Waals surface area contributed by atoms with Crippen LogP contribution in [-0.2, 0) is 71.0 Å². The number of hydrogen-bond donors (Lipinski definition) is 4. The molecule has 28 heteroatoms. The summed E-state index contributed by atoms with van der Waals surface area (Å²) in [4.78, 5) is 69.0. The molecule has 7 rings (SSSR count). The van der Waals surface area contributed by atoms with Crippen LogP contribution >= 0.6 is 0 Å². The Bertz CT molecular complexity index is 3410. The third-order valence-corrected chi connectivity index (χ3v) is 15.6. The number of carbonyl (C=O) groups is 4. The fourth-order valence-corrected chi connectivity index (χ4v) is 10.6. The van der Waals surface area contributed by atoms with Crippen LogP contribution in [0.1, 0.15) is 88.0 Å². The van der Waals surface area contributed by atoms with Crippen molar-refractivity contribution in [2.24, 2.45) is 5.41 Å². The van der Waals surface area contributed by atoms with Crippen molar-refractivity contribution in [3.63, 3.8) is 0 Å². The van der Waals surface area contributed by atoms with Crippen LogP contribution in [0.25, 0.3) is 32.7 Å². The van der Waals surface area contributed by atoms with Crippen LogP contribution in [0.2, 0.25) is 0 Å². The summed E-state index contributed by atoms with van der Waals surface area (Å²) in [5.74, 6) is -2.68. The molecule has 1 radical (unpaired) electrons. The van der Waals surface area contributed by atoms with E-state index in [4.69, 9.17) is 56.8 Å². The number of rotatable bonds is 50. The van der Waals surface area contributed by atoms with Crippen LogP contribution in [0, 0.1) is 5.41 Å². The van der Waals surface area contributed by atoms with Gasteiger partial charge in [-0.15, -0.1) is 0 Å². The van der Waals surface area contributed by atoms with Gasteiger partial charge in [-0.05, 0) is 109 Å². The zero-order valence-electron chi connectivity index (χ0n) is 57.0. The van der Waals surface area contributed by atoms with Gasteiger partial charge in [0.25, 0.3) is 17.7 Å². The fraction of sp³-hybridized carbons (Fsp3) is 0.479. The minimum absolute atomic E-state index is 0. The van der Waals surface area contributed by atoms with E-state index in [1.807, 2.05) is 0 Å². The molecule has 3 aromatic heterocycles. The number of hydrogen-bond acceptors (Lipinski definition) is 22. The normalized spacial score (nSPS) is 11.3. The molecule has 0 atom stereocenters. The number of pyridine rings is 3. The van der Waals surface area contributed by atoms with Gasteiger partial charge < -0.3 is 93.4 Å². The number of unbranched alkanes of at least 4 members (excludes halogenated alkanes) is 2. The summed E-state index contributed by atoms with van der Waals surface area (Å²) in [5, 5.41) is 53.9. The zero-order valence-corrected chi connectivity index (χ0v) is 60.2. The van der Waals surface area contributed by atoms with Crippen molar-refractivity contribution in [2.45, 2.75) is 57.9 Å². The second-order valence-corrected chi connectivity index (χ2v) is 22.4. The largest absolute Gasteiger partial charge is 2.00 e. The van der Waals surface area contributed by atoms with E-state index in [9.17, 15) is 29.7 Å². The molecule has 26 nitrogen and oxygen atoms in total. The average Bonchev–Trinajstić information content (AvgIpc) is 0.835. The summed E-state index contributed by atoms with van der Waals surface area (Å²) >= 11 is 0. The monoisotopic (exact) mass is 1420 g/mol.